The summed E-state index contributed by atoms with van der Waals surface area (Å²) in [5.41, 5.74) is 1.79. The molecule has 1 aromatic heterocycles. The average molecular weight is 420 g/mol. The van der Waals surface area contributed by atoms with Crippen molar-refractivity contribution >= 4 is 5.91 Å². The minimum atomic E-state index is -0.689. The molecule has 4 rings (SSSR count). The Bertz CT molecular complexity index is 1220. The van der Waals surface area contributed by atoms with Gasteiger partial charge >= 0.3 is 5.69 Å². The molecule has 0 saturated carbocycles. The maximum atomic E-state index is 13.3. The van der Waals surface area contributed by atoms with E-state index in [1.807, 2.05) is 56.3 Å². The van der Waals surface area contributed by atoms with Crippen molar-refractivity contribution in [3.63, 3.8) is 0 Å². The van der Waals surface area contributed by atoms with E-state index < -0.39 is 17.2 Å². The summed E-state index contributed by atoms with van der Waals surface area (Å²) in [5.74, 6) is -0.493. The topological polar surface area (TPSA) is 86.4 Å². The molecule has 1 saturated heterocycles. The van der Waals surface area contributed by atoms with Crippen LogP contribution in [-0.4, -0.2) is 51.5 Å². The lowest BCUT2D eigenvalue weighted by Crippen LogP contribution is -2.48. The predicted molar refractivity (Wildman–Crippen MR) is 116 cm³/mol. The highest BCUT2D eigenvalue weighted by Gasteiger charge is 2.26. The van der Waals surface area contributed by atoms with Crippen molar-refractivity contribution in [2.45, 2.75) is 20.4 Å². The van der Waals surface area contributed by atoms with Crippen molar-refractivity contribution < 1.29 is 9.53 Å². The molecule has 0 spiro atoms. The highest BCUT2D eigenvalue weighted by atomic mass is 16.5. The van der Waals surface area contributed by atoms with Gasteiger partial charge in [0.05, 0.1) is 25.4 Å². The van der Waals surface area contributed by atoms with Gasteiger partial charge in [-0.2, -0.15) is 9.78 Å². The van der Waals surface area contributed by atoms with Crippen LogP contribution in [0.3, 0.4) is 0 Å². The van der Waals surface area contributed by atoms with E-state index in [1.165, 1.54) is 4.90 Å². The van der Waals surface area contributed by atoms with Crippen LogP contribution in [-0.2, 0) is 11.3 Å². The van der Waals surface area contributed by atoms with Crippen LogP contribution in [0, 0.1) is 13.8 Å². The Balaban J connectivity index is 1.88. The number of hydrogen-bond acceptors (Lipinski definition) is 5. The number of ether oxygens (including phenoxy) is 1. The number of rotatable bonds is 4. The molecule has 1 fully saturated rings. The Kier molecular flexibility index (Phi) is 5.81. The van der Waals surface area contributed by atoms with E-state index in [2.05, 4.69) is 5.10 Å². The molecule has 8 heteroatoms. The highest BCUT2D eigenvalue weighted by molar-refractivity contribution is 5.91. The number of aryl methyl sites for hydroxylation is 2. The summed E-state index contributed by atoms with van der Waals surface area (Å²) in [4.78, 5) is 41.1. The predicted octanol–water partition coefficient (Wildman–Crippen LogP) is 1.53. The number of benzene rings is 2. The molecule has 3 aromatic rings. The molecule has 1 aliphatic rings. The minimum Gasteiger partial charge on any atom is -0.378 e. The maximum absolute atomic E-state index is 13.3. The first-order valence-corrected chi connectivity index (χ1v) is 10.2. The number of amides is 1. The summed E-state index contributed by atoms with van der Waals surface area (Å²) in [6, 6.07) is 14.7. The molecule has 0 N–H and O–H groups in total. The first kappa shape index (κ1) is 20.7. The Labute approximate surface area is 179 Å². The van der Waals surface area contributed by atoms with Crippen LogP contribution < -0.4 is 11.2 Å². The van der Waals surface area contributed by atoms with Gasteiger partial charge in [0.25, 0.3) is 11.5 Å². The third-order valence-electron chi connectivity index (χ3n) is 5.48. The van der Waals surface area contributed by atoms with Gasteiger partial charge in [-0.3, -0.25) is 14.2 Å². The molecule has 1 aliphatic heterocycles. The molecule has 1 amide bonds. The van der Waals surface area contributed by atoms with E-state index in [4.69, 9.17) is 4.74 Å². The van der Waals surface area contributed by atoms with Gasteiger partial charge in [-0.1, -0.05) is 36.4 Å². The third kappa shape index (κ3) is 4.20. The van der Waals surface area contributed by atoms with Gasteiger partial charge in [0.15, 0.2) is 0 Å². The monoisotopic (exact) mass is 420 g/mol. The van der Waals surface area contributed by atoms with Gasteiger partial charge in [-0.05, 0) is 42.7 Å². The molecule has 0 radical (unpaired) electrons. The van der Waals surface area contributed by atoms with E-state index in [0.29, 0.717) is 32.0 Å². The summed E-state index contributed by atoms with van der Waals surface area (Å²) in [5, 5.41) is 4.23. The largest absolute Gasteiger partial charge is 0.378 e. The molecular weight excluding hydrogens is 396 g/mol. The second-order valence-corrected chi connectivity index (χ2v) is 7.59. The fourth-order valence-corrected chi connectivity index (χ4v) is 3.50. The smallest absolute Gasteiger partial charge is 0.352 e. The van der Waals surface area contributed by atoms with Crippen LogP contribution in [0.15, 0.2) is 58.1 Å². The van der Waals surface area contributed by atoms with Gasteiger partial charge in [0.2, 0.25) is 5.69 Å². The third-order valence-corrected chi connectivity index (χ3v) is 5.48. The summed E-state index contributed by atoms with van der Waals surface area (Å²) >= 11 is 0. The van der Waals surface area contributed by atoms with E-state index in [1.54, 1.807) is 6.07 Å². The molecule has 0 bridgehead atoms. The number of carbonyl (C=O) groups excluding carboxylic acids is 1. The van der Waals surface area contributed by atoms with Gasteiger partial charge in [0.1, 0.15) is 0 Å². The number of hydrogen-bond donors (Lipinski definition) is 0. The van der Waals surface area contributed by atoms with Crippen LogP contribution in [0.4, 0.5) is 0 Å². The zero-order valence-electron chi connectivity index (χ0n) is 17.6. The fraction of sp³-hybridized carbons (Fsp3) is 0.304. The van der Waals surface area contributed by atoms with Gasteiger partial charge in [-0.25, -0.2) is 4.79 Å². The Hall–Kier alpha value is -3.52. The minimum absolute atomic E-state index is 0.0509. The average Bonchev–Trinajstić information content (AvgIpc) is 2.79. The van der Waals surface area contributed by atoms with E-state index in [-0.39, 0.29) is 12.2 Å². The maximum Gasteiger partial charge on any atom is 0.352 e. The molecular formula is C23H24N4O4. The van der Waals surface area contributed by atoms with Crippen molar-refractivity contribution in [2.24, 2.45) is 0 Å². The Morgan fingerprint density at radius 1 is 1.00 bits per heavy atom. The van der Waals surface area contributed by atoms with Gasteiger partial charge < -0.3 is 9.64 Å². The highest BCUT2D eigenvalue weighted by Crippen LogP contribution is 2.12. The number of morpholine rings is 1. The van der Waals surface area contributed by atoms with Crippen LogP contribution in [0.5, 0.6) is 0 Å². The molecule has 31 heavy (non-hydrogen) atoms. The number of carbonyl (C=O) groups is 1. The zero-order chi connectivity index (χ0) is 22.0. The fourth-order valence-electron chi connectivity index (χ4n) is 3.50. The molecule has 2 heterocycles. The Morgan fingerprint density at radius 2 is 1.71 bits per heavy atom. The van der Waals surface area contributed by atoms with E-state index >= 15 is 0 Å². The van der Waals surface area contributed by atoms with Gasteiger partial charge in [0, 0.05) is 13.1 Å². The van der Waals surface area contributed by atoms with E-state index in [0.717, 1.165) is 25.9 Å². The van der Waals surface area contributed by atoms with Crippen molar-refractivity contribution in [2.75, 3.05) is 26.3 Å². The molecule has 0 aliphatic carbocycles. The molecule has 160 valence electrons. The van der Waals surface area contributed by atoms with Crippen LogP contribution in [0.2, 0.25) is 0 Å². The lowest BCUT2D eigenvalue weighted by molar-refractivity contribution is 0.0295. The van der Waals surface area contributed by atoms with Crippen LogP contribution in [0.25, 0.3) is 5.69 Å². The van der Waals surface area contributed by atoms with Crippen molar-refractivity contribution in [3.8, 4) is 5.69 Å². The number of aromatic nitrogens is 3. The Morgan fingerprint density at radius 3 is 2.39 bits per heavy atom. The van der Waals surface area contributed by atoms with Crippen LogP contribution in [0.1, 0.15) is 27.2 Å². The van der Waals surface area contributed by atoms with Gasteiger partial charge in [-0.15, -0.1) is 0 Å². The second kappa shape index (κ2) is 8.69. The number of nitrogens with zero attached hydrogens (tertiary/aromatic N) is 4. The zero-order valence-corrected chi connectivity index (χ0v) is 17.6. The first-order chi connectivity index (χ1) is 15.0. The molecule has 0 atom stereocenters. The van der Waals surface area contributed by atoms with Crippen molar-refractivity contribution in [3.05, 3.63) is 91.8 Å². The molecule has 2 aromatic carbocycles. The molecule has 0 unspecified atom stereocenters. The SMILES string of the molecule is Cc1ccc(-n2nc(C(=O)N3CCOCC3)c(=O)n(Cc3ccccc3)c2=O)cc1C. The summed E-state index contributed by atoms with van der Waals surface area (Å²) in [7, 11) is 0. The van der Waals surface area contributed by atoms with Crippen LogP contribution >= 0.6 is 0 Å². The normalized spacial score (nSPS) is 13.9. The second-order valence-electron chi connectivity index (χ2n) is 7.59. The van der Waals surface area contributed by atoms with Crippen molar-refractivity contribution in [1.82, 2.24) is 19.2 Å². The van der Waals surface area contributed by atoms with E-state index in [9.17, 15) is 14.4 Å². The van der Waals surface area contributed by atoms with Crippen molar-refractivity contribution in [1.29, 1.82) is 0 Å². The summed E-state index contributed by atoms with van der Waals surface area (Å²) < 4.78 is 7.52. The quantitative estimate of drug-likeness (QED) is 0.639. The first-order valence-electron chi connectivity index (χ1n) is 10.2. The summed E-state index contributed by atoms with van der Waals surface area (Å²) in [6.45, 7) is 5.52. The lowest BCUT2D eigenvalue weighted by atomic mass is 10.1. The standard InChI is InChI=1S/C23H24N4O4/c1-16-8-9-19(14-17(16)2)27-23(30)26(15-18-6-4-3-5-7-18)22(29)20(24-27)21(28)25-10-12-31-13-11-25/h3-9,14H,10-13,15H2,1-2H3. The summed E-state index contributed by atoms with van der Waals surface area (Å²) in [6.07, 6.45) is 0. The lowest BCUT2D eigenvalue weighted by Gasteiger charge is -2.26. The molecule has 8 nitrogen and oxygen atoms in total.